The number of halogens is 1. The van der Waals surface area contributed by atoms with Crippen molar-refractivity contribution in [2.45, 2.75) is 38.8 Å². The van der Waals surface area contributed by atoms with Crippen molar-refractivity contribution >= 4 is 18.3 Å². The van der Waals surface area contributed by atoms with Gasteiger partial charge in [-0.2, -0.15) is 4.98 Å². The fraction of sp³-hybridized carbons (Fsp3) is 0.471. The maximum atomic E-state index is 12.2. The highest BCUT2D eigenvalue weighted by Crippen LogP contribution is 2.14. The van der Waals surface area contributed by atoms with Gasteiger partial charge in [0.05, 0.1) is 0 Å². The second-order valence-corrected chi connectivity index (χ2v) is 5.79. The number of aromatic nitrogens is 2. The van der Waals surface area contributed by atoms with Gasteiger partial charge in [0, 0.05) is 24.6 Å². The molecular weight excluding hydrogens is 344 g/mol. The first-order valence-corrected chi connectivity index (χ1v) is 8.30. The molecule has 0 bridgehead atoms. The lowest BCUT2D eigenvalue weighted by Gasteiger charge is -2.23. The van der Waals surface area contributed by atoms with Crippen LogP contribution in [0.3, 0.4) is 0 Å². The lowest BCUT2D eigenvalue weighted by Crippen LogP contribution is -2.45. The average molecular weight is 367 g/mol. The van der Waals surface area contributed by atoms with Crippen LogP contribution in [0.2, 0.25) is 0 Å². The Morgan fingerprint density at radius 3 is 2.84 bits per heavy atom. The summed E-state index contributed by atoms with van der Waals surface area (Å²) in [7, 11) is 0. The largest absolute Gasteiger partial charge is 0.485 e. The summed E-state index contributed by atoms with van der Waals surface area (Å²) in [5.74, 6) is 1.71. The van der Waals surface area contributed by atoms with Gasteiger partial charge in [0.25, 0.3) is 5.91 Å². The molecule has 0 unspecified atom stereocenters. The number of benzene rings is 1. The van der Waals surface area contributed by atoms with Crippen molar-refractivity contribution in [3.63, 3.8) is 0 Å². The van der Waals surface area contributed by atoms with Gasteiger partial charge in [0.2, 0.25) is 11.7 Å². The number of rotatable bonds is 6. The van der Waals surface area contributed by atoms with Gasteiger partial charge < -0.3 is 19.9 Å². The van der Waals surface area contributed by atoms with Crippen molar-refractivity contribution in [3.05, 3.63) is 41.5 Å². The number of carbonyl (C=O) groups is 1. The van der Waals surface area contributed by atoms with Gasteiger partial charge in [0.1, 0.15) is 5.75 Å². The van der Waals surface area contributed by atoms with Crippen LogP contribution in [0.4, 0.5) is 0 Å². The van der Waals surface area contributed by atoms with Gasteiger partial charge in [-0.25, -0.2) is 0 Å². The second kappa shape index (κ2) is 9.39. The van der Waals surface area contributed by atoms with Crippen LogP contribution in [0.15, 0.2) is 28.8 Å². The highest BCUT2D eigenvalue weighted by atomic mass is 35.5. The molecule has 3 rings (SSSR count). The summed E-state index contributed by atoms with van der Waals surface area (Å²) in [6, 6.07) is 7.26. The summed E-state index contributed by atoms with van der Waals surface area (Å²) in [6.45, 7) is 4.05. The molecule has 1 fully saturated rings. The van der Waals surface area contributed by atoms with Gasteiger partial charge >= 0.3 is 0 Å². The molecular formula is C17H23ClN4O3. The van der Waals surface area contributed by atoms with E-state index in [0.29, 0.717) is 29.4 Å². The van der Waals surface area contributed by atoms with E-state index in [-0.39, 0.29) is 31.0 Å². The molecule has 1 amide bonds. The smallest absolute Gasteiger partial charge is 0.251 e. The van der Waals surface area contributed by atoms with Crippen LogP contribution in [0.1, 0.15) is 41.8 Å². The molecule has 136 valence electrons. The molecule has 1 aromatic heterocycles. The molecule has 2 N–H and O–H groups in total. The van der Waals surface area contributed by atoms with E-state index in [4.69, 9.17) is 9.26 Å². The molecule has 25 heavy (non-hydrogen) atoms. The lowest BCUT2D eigenvalue weighted by molar-refractivity contribution is 0.0930. The van der Waals surface area contributed by atoms with E-state index in [2.05, 4.69) is 20.8 Å². The minimum absolute atomic E-state index is 0. The second-order valence-electron chi connectivity index (χ2n) is 5.79. The van der Waals surface area contributed by atoms with Gasteiger partial charge in [-0.3, -0.25) is 4.79 Å². The van der Waals surface area contributed by atoms with E-state index in [1.54, 1.807) is 24.3 Å². The van der Waals surface area contributed by atoms with Crippen molar-refractivity contribution < 1.29 is 14.1 Å². The molecule has 8 heteroatoms. The molecule has 0 radical (unpaired) electrons. The molecule has 1 aromatic carbocycles. The van der Waals surface area contributed by atoms with Crippen molar-refractivity contribution in [2.75, 3.05) is 13.1 Å². The number of hydrogen-bond donors (Lipinski definition) is 2. The number of nitrogens with zero attached hydrogens (tertiary/aromatic N) is 2. The minimum Gasteiger partial charge on any atom is -0.485 e. The Bertz CT molecular complexity index is 669. The first kappa shape index (κ1) is 19.2. The Hall–Kier alpha value is -2.12. The first-order valence-electron chi connectivity index (χ1n) is 8.30. The van der Waals surface area contributed by atoms with E-state index in [1.165, 1.54) is 0 Å². The lowest BCUT2D eigenvalue weighted by atomic mass is 10.1. The Balaban J connectivity index is 0.00000225. The molecule has 1 atom stereocenters. The molecule has 2 heterocycles. The van der Waals surface area contributed by atoms with Crippen LogP contribution in [0, 0.1) is 0 Å². The van der Waals surface area contributed by atoms with E-state index in [0.717, 1.165) is 25.9 Å². The maximum absolute atomic E-state index is 12.2. The number of piperidine rings is 1. The van der Waals surface area contributed by atoms with E-state index in [1.807, 2.05) is 6.92 Å². The molecule has 1 saturated heterocycles. The zero-order valence-corrected chi connectivity index (χ0v) is 15.0. The topological polar surface area (TPSA) is 89.3 Å². The third-order valence-electron chi connectivity index (χ3n) is 3.93. The SMILES string of the molecule is CCc1nc(COc2ccc(C(=O)N[C@H]3CCCNC3)cc2)no1.Cl. The average Bonchev–Trinajstić information content (AvgIpc) is 3.09. The zero-order valence-electron chi connectivity index (χ0n) is 14.2. The Morgan fingerprint density at radius 2 is 2.20 bits per heavy atom. The van der Waals surface area contributed by atoms with Crippen LogP contribution >= 0.6 is 12.4 Å². The standard InChI is InChI=1S/C17H22N4O3.ClH/c1-2-16-20-15(21-24-16)11-23-14-7-5-12(6-8-14)17(22)19-13-4-3-9-18-10-13;/h5-8,13,18H,2-4,9-11H2,1H3,(H,19,22);1H/t13-;/m0./s1. The quantitative estimate of drug-likeness (QED) is 0.814. The Labute approximate surface area is 152 Å². The summed E-state index contributed by atoms with van der Waals surface area (Å²) in [5, 5.41) is 10.2. The fourth-order valence-electron chi connectivity index (χ4n) is 2.59. The summed E-state index contributed by atoms with van der Waals surface area (Å²) < 4.78 is 10.6. The van der Waals surface area contributed by atoms with Gasteiger partial charge in [-0.15, -0.1) is 12.4 Å². The van der Waals surface area contributed by atoms with E-state index >= 15 is 0 Å². The van der Waals surface area contributed by atoms with Crippen LogP contribution in [-0.4, -0.2) is 35.2 Å². The zero-order chi connectivity index (χ0) is 16.8. The van der Waals surface area contributed by atoms with Gasteiger partial charge in [-0.05, 0) is 43.7 Å². The first-order chi connectivity index (χ1) is 11.7. The van der Waals surface area contributed by atoms with Gasteiger partial charge in [0.15, 0.2) is 6.61 Å². The Morgan fingerprint density at radius 1 is 1.40 bits per heavy atom. The summed E-state index contributed by atoms with van der Waals surface area (Å²) in [6.07, 6.45) is 2.81. The van der Waals surface area contributed by atoms with Gasteiger partial charge in [-0.1, -0.05) is 12.1 Å². The fourth-order valence-corrected chi connectivity index (χ4v) is 2.59. The van der Waals surface area contributed by atoms with Crippen LogP contribution in [0.25, 0.3) is 0 Å². The summed E-state index contributed by atoms with van der Waals surface area (Å²) >= 11 is 0. The van der Waals surface area contributed by atoms with E-state index < -0.39 is 0 Å². The van der Waals surface area contributed by atoms with Crippen LogP contribution in [0.5, 0.6) is 5.75 Å². The molecule has 2 aromatic rings. The summed E-state index contributed by atoms with van der Waals surface area (Å²) in [5.41, 5.74) is 0.626. The third kappa shape index (κ3) is 5.44. The number of aryl methyl sites for hydroxylation is 1. The summed E-state index contributed by atoms with van der Waals surface area (Å²) in [4.78, 5) is 16.4. The number of hydrogen-bond acceptors (Lipinski definition) is 6. The predicted octanol–water partition coefficient (Wildman–Crippen LogP) is 2.11. The third-order valence-corrected chi connectivity index (χ3v) is 3.93. The molecule has 1 aliphatic heterocycles. The van der Waals surface area contributed by atoms with Crippen molar-refractivity contribution in [1.29, 1.82) is 0 Å². The van der Waals surface area contributed by atoms with Crippen molar-refractivity contribution in [2.24, 2.45) is 0 Å². The van der Waals surface area contributed by atoms with Crippen molar-refractivity contribution in [1.82, 2.24) is 20.8 Å². The molecule has 1 aliphatic rings. The predicted molar refractivity (Wildman–Crippen MR) is 95.1 cm³/mol. The number of ether oxygens (including phenoxy) is 1. The molecule has 0 spiro atoms. The van der Waals surface area contributed by atoms with E-state index in [9.17, 15) is 4.79 Å². The minimum atomic E-state index is -0.0546. The number of carbonyl (C=O) groups excluding carboxylic acids is 1. The van der Waals surface area contributed by atoms with Crippen LogP contribution in [-0.2, 0) is 13.0 Å². The highest BCUT2D eigenvalue weighted by Gasteiger charge is 2.16. The number of nitrogens with one attached hydrogen (secondary N) is 2. The molecule has 0 aliphatic carbocycles. The number of amides is 1. The highest BCUT2D eigenvalue weighted by molar-refractivity contribution is 5.94. The van der Waals surface area contributed by atoms with Crippen LogP contribution < -0.4 is 15.4 Å². The normalized spacial score (nSPS) is 16.8. The van der Waals surface area contributed by atoms with Crippen molar-refractivity contribution in [3.8, 4) is 5.75 Å². The molecule has 0 saturated carbocycles. The maximum Gasteiger partial charge on any atom is 0.251 e. The molecule has 7 nitrogen and oxygen atoms in total. The Kier molecular flexibility index (Phi) is 7.21. The monoisotopic (exact) mass is 366 g/mol.